The first-order chi connectivity index (χ1) is 7.74. The van der Waals surface area contributed by atoms with Gasteiger partial charge in [-0.15, -0.1) is 0 Å². The molecule has 0 aromatic rings. The lowest BCUT2D eigenvalue weighted by Crippen LogP contribution is -2.38. The highest BCUT2D eigenvalue weighted by atomic mass is 16.2. The molecule has 1 unspecified atom stereocenters. The van der Waals surface area contributed by atoms with Gasteiger partial charge in [-0.2, -0.15) is 0 Å². The molecule has 16 heavy (non-hydrogen) atoms. The Hall–Kier alpha value is -0.530. The number of piperidine rings is 1. The highest BCUT2D eigenvalue weighted by molar-refractivity contribution is 5.76. The Morgan fingerprint density at radius 3 is 2.69 bits per heavy atom. The van der Waals surface area contributed by atoms with Crippen molar-refractivity contribution in [1.82, 2.24) is 4.90 Å². The molecule has 0 aromatic heterocycles. The van der Waals surface area contributed by atoms with Gasteiger partial charge in [-0.1, -0.05) is 39.5 Å². The SMILES string of the molecule is CCCCCCCC(=O)N1CCCC(C)C1. The minimum Gasteiger partial charge on any atom is -0.342 e. The maximum absolute atomic E-state index is 11.9. The van der Waals surface area contributed by atoms with Crippen molar-refractivity contribution < 1.29 is 4.79 Å². The van der Waals surface area contributed by atoms with Crippen molar-refractivity contribution in [3.05, 3.63) is 0 Å². The smallest absolute Gasteiger partial charge is 0.222 e. The molecule has 0 N–H and O–H groups in total. The first kappa shape index (κ1) is 13.5. The zero-order valence-electron chi connectivity index (χ0n) is 11.0. The molecule has 1 amide bonds. The molecule has 1 fully saturated rings. The van der Waals surface area contributed by atoms with Gasteiger partial charge in [0.1, 0.15) is 0 Å². The topological polar surface area (TPSA) is 20.3 Å². The number of amides is 1. The van der Waals surface area contributed by atoms with Crippen LogP contribution in [0.3, 0.4) is 0 Å². The summed E-state index contributed by atoms with van der Waals surface area (Å²) in [6, 6.07) is 0. The molecule has 1 atom stereocenters. The molecular formula is C14H27NO. The van der Waals surface area contributed by atoms with Crippen LogP contribution in [-0.4, -0.2) is 23.9 Å². The summed E-state index contributed by atoms with van der Waals surface area (Å²) in [7, 11) is 0. The summed E-state index contributed by atoms with van der Waals surface area (Å²) >= 11 is 0. The predicted octanol–water partition coefficient (Wildman–Crippen LogP) is 3.61. The number of nitrogens with zero attached hydrogens (tertiary/aromatic N) is 1. The molecule has 1 heterocycles. The van der Waals surface area contributed by atoms with Crippen LogP contribution in [0.25, 0.3) is 0 Å². The van der Waals surface area contributed by atoms with Crippen LogP contribution in [0.2, 0.25) is 0 Å². The average Bonchev–Trinajstić information content (AvgIpc) is 2.28. The van der Waals surface area contributed by atoms with Crippen LogP contribution in [0.15, 0.2) is 0 Å². The van der Waals surface area contributed by atoms with E-state index >= 15 is 0 Å². The second kappa shape index (κ2) is 7.70. The Morgan fingerprint density at radius 1 is 1.25 bits per heavy atom. The average molecular weight is 225 g/mol. The van der Waals surface area contributed by atoms with Gasteiger partial charge in [0.05, 0.1) is 0 Å². The molecule has 1 aliphatic rings. The molecule has 0 aromatic carbocycles. The van der Waals surface area contributed by atoms with Gasteiger partial charge in [-0.25, -0.2) is 0 Å². The monoisotopic (exact) mass is 225 g/mol. The second-order valence-electron chi connectivity index (χ2n) is 5.25. The predicted molar refractivity (Wildman–Crippen MR) is 68.4 cm³/mol. The first-order valence-corrected chi connectivity index (χ1v) is 7.01. The lowest BCUT2D eigenvalue weighted by atomic mass is 10.00. The summed E-state index contributed by atoms with van der Waals surface area (Å²) < 4.78 is 0. The normalized spacial score (nSPS) is 21.1. The highest BCUT2D eigenvalue weighted by Gasteiger charge is 2.19. The van der Waals surface area contributed by atoms with Gasteiger partial charge in [0.2, 0.25) is 5.91 Å². The third-order valence-electron chi connectivity index (χ3n) is 3.50. The van der Waals surface area contributed by atoms with E-state index in [0.29, 0.717) is 11.8 Å². The van der Waals surface area contributed by atoms with Crippen molar-refractivity contribution in [2.45, 2.75) is 65.2 Å². The van der Waals surface area contributed by atoms with Crippen LogP contribution in [-0.2, 0) is 4.79 Å². The summed E-state index contributed by atoms with van der Waals surface area (Å²) in [4.78, 5) is 14.0. The Bertz CT molecular complexity index is 203. The number of carbonyl (C=O) groups is 1. The summed E-state index contributed by atoms with van der Waals surface area (Å²) in [6.07, 6.45) is 9.46. The maximum Gasteiger partial charge on any atom is 0.222 e. The molecule has 0 bridgehead atoms. The molecule has 0 saturated carbocycles. The maximum atomic E-state index is 11.9. The largest absolute Gasteiger partial charge is 0.342 e. The van der Waals surface area contributed by atoms with Gasteiger partial charge in [-0.05, 0) is 25.2 Å². The van der Waals surface area contributed by atoms with Crippen LogP contribution < -0.4 is 0 Å². The van der Waals surface area contributed by atoms with Crippen molar-refractivity contribution in [2.24, 2.45) is 5.92 Å². The number of unbranched alkanes of at least 4 members (excludes halogenated alkanes) is 4. The van der Waals surface area contributed by atoms with Gasteiger partial charge in [-0.3, -0.25) is 4.79 Å². The molecule has 94 valence electrons. The van der Waals surface area contributed by atoms with Crippen molar-refractivity contribution in [3.8, 4) is 0 Å². The molecule has 0 aliphatic carbocycles. The van der Waals surface area contributed by atoms with Crippen LogP contribution in [0.1, 0.15) is 65.2 Å². The fraction of sp³-hybridized carbons (Fsp3) is 0.929. The van der Waals surface area contributed by atoms with Crippen molar-refractivity contribution in [1.29, 1.82) is 0 Å². The van der Waals surface area contributed by atoms with Gasteiger partial charge < -0.3 is 4.90 Å². The number of hydrogen-bond acceptors (Lipinski definition) is 1. The van der Waals surface area contributed by atoms with Gasteiger partial charge in [0.25, 0.3) is 0 Å². The lowest BCUT2D eigenvalue weighted by Gasteiger charge is -2.31. The number of carbonyl (C=O) groups excluding carboxylic acids is 1. The fourth-order valence-electron chi connectivity index (χ4n) is 2.45. The zero-order chi connectivity index (χ0) is 11.8. The van der Waals surface area contributed by atoms with E-state index in [0.717, 1.165) is 25.9 Å². The zero-order valence-corrected chi connectivity index (χ0v) is 11.0. The van der Waals surface area contributed by atoms with E-state index in [2.05, 4.69) is 18.7 Å². The quantitative estimate of drug-likeness (QED) is 0.632. The van der Waals surface area contributed by atoms with E-state index < -0.39 is 0 Å². The minimum absolute atomic E-state index is 0.392. The summed E-state index contributed by atoms with van der Waals surface area (Å²) in [5.41, 5.74) is 0. The number of hydrogen-bond donors (Lipinski definition) is 0. The molecule has 1 aliphatic heterocycles. The van der Waals surface area contributed by atoms with Gasteiger partial charge >= 0.3 is 0 Å². The summed E-state index contributed by atoms with van der Waals surface area (Å²) in [6.45, 7) is 6.47. The summed E-state index contributed by atoms with van der Waals surface area (Å²) in [5.74, 6) is 1.10. The molecule has 2 heteroatoms. The molecule has 1 rings (SSSR count). The highest BCUT2D eigenvalue weighted by Crippen LogP contribution is 2.17. The second-order valence-corrected chi connectivity index (χ2v) is 5.25. The molecule has 0 radical (unpaired) electrons. The number of rotatable bonds is 6. The molecule has 1 saturated heterocycles. The van der Waals surface area contributed by atoms with E-state index in [9.17, 15) is 4.79 Å². The Kier molecular flexibility index (Phi) is 6.51. The first-order valence-electron chi connectivity index (χ1n) is 7.01. The van der Waals surface area contributed by atoms with Gasteiger partial charge in [0, 0.05) is 19.5 Å². The van der Waals surface area contributed by atoms with E-state index in [-0.39, 0.29) is 0 Å². The van der Waals surface area contributed by atoms with Crippen molar-refractivity contribution in [3.63, 3.8) is 0 Å². The van der Waals surface area contributed by atoms with E-state index in [4.69, 9.17) is 0 Å². The Balaban J connectivity index is 2.09. The minimum atomic E-state index is 0.392. The Labute approximate surface area is 100 Å². The van der Waals surface area contributed by atoms with E-state index in [1.165, 1.54) is 38.5 Å². The lowest BCUT2D eigenvalue weighted by molar-refractivity contribution is -0.133. The third kappa shape index (κ3) is 5.00. The fourth-order valence-corrected chi connectivity index (χ4v) is 2.45. The molecular weight excluding hydrogens is 198 g/mol. The molecule has 2 nitrogen and oxygen atoms in total. The van der Waals surface area contributed by atoms with E-state index in [1.807, 2.05) is 0 Å². The standard InChI is InChI=1S/C14H27NO/c1-3-4-5-6-7-10-14(16)15-11-8-9-13(2)12-15/h13H,3-12H2,1-2H3. The summed E-state index contributed by atoms with van der Waals surface area (Å²) in [5, 5.41) is 0. The third-order valence-corrected chi connectivity index (χ3v) is 3.50. The van der Waals surface area contributed by atoms with Gasteiger partial charge in [0.15, 0.2) is 0 Å². The van der Waals surface area contributed by atoms with Crippen LogP contribution in [0.4, 0.5) is 0 Å². The van der Waals surface area contributed by atoms with Crippen LogP contribution >= 0.6 is 0 Å². The van der Waals surface area contributed by atoms with Crippen LogP contribution in [0, 0.1) is 5.92 Å². The van der Waals surface area contributed by atoms with Crippen molar-refractivity contribution in [2.75, 3.05) is 13.1 Å². The Morgan fingerprint density at radius 2 is 2.00 bits per heavy atom. The number of likely N-dealkylation sites (tertiary alicyclic amines) is 1. The molecule has 0 spiro atoms. The van der Waals surface area contributed by atoms with Crippen LogP contribution in [0.5, 0.6) is 0 Å². The van der Waals surface area contributed by atoms with Crippen molar-refractivity contribution >= 4 is 5.91 Å². The van der Waals surface area contributed by atoms with E-state index in [1.54, 1.807) is 0 Å².